The molecule has 1 N–H and O–H groups in total. The van der Waals surface area contributed by atoms with Crippen LogP contribution in [0.4, 0.5) is 0 Å². The van der Waals surface area contributed by atoms with E-state index in [-0.39, 0.29) is 17.7 Å². The zero-order valence-corrected chi connectivity index (χ0v) is 17.6. The van der Waals surface area contributed by atoms with Crippen LogP contribution in [0.2, 0.25) is 0 Å². The average Bonchev–Trinajstić information content (AvgIpc) is 3.23. The van der Waals surface area contributed by atoms with Gasteiger partial charge in [0.2, 0.25) is 0 Å². The van der Waals surface area contributed by atoms with Crippen LogP contribution in [0.25, 0.3) is 0 Å². The highest BCUT2D eigenvalue weighted by Gasteiger charge is 2.30. The normalized spacial score (nSPS) is 16.3. The number of nitrogens with one attached hydrogen (secondary N) is 1. The highest BCUT2D eigenvalue weighted by Crippen LogP contribution is 2.29. The molecule has 2 aromatic heterocycles. The maximum Gasteiger partial charge on any atom is 0.267 e. The van der Waals surface area contributed by atoms with Crippen molar-refractivity contribution in [3.05, 3.63) is 76.1 Å². The molecule has 7 nitrogen and oxygen atoms in total. The molecule has 30 heavy (non-hydrogen) atoms. The van der Waals surface area contributed by atoms with E-state index in [4.69, 9.17) is 0 Å². The van der Waals surface area contributed by atoms with Gasteiger partial charge in [-0.05, 0) is 49.0 Å². The summed E-state index contributed by atoms with van der Waals surface area (Å²) in [4.78, 5) is 32.7. The number of hydrogen-bond donors (Lipinski definition) is 1. The standard InChI is InChI=1S/C22H23N5O2S/c1-15-20(30-26-25-15)22(29)27-12-6-9-17(14-27)19-18(10-5-11-23-19)21(28)24-13-16-7-3-2-4-8-16/h2-5,7-8,10-11,17H,6,9,12-14H2,1H3,(H,24,28)/t17-/m1/s1. The maximum absolute atomic E-state index is 12.9. The number of rotatable bonds is 5. The number of aromatic nitrogens is 3. The fraction of sp³-hybridized carbons (Fsp3) is 0.318. The van der Waals surface area contributed by atoms with Gasteiger partial charge in [-0.2, -0.15) is 0 Å². The van der Waals surface area contributed by atoms with Crippen molar-refractivity contribution in [2.45, 2.75) is 32.2 Å². The Morgan fingerprint density at radius 1 is 1.20 bits per heavy atom. The largest absolute Gasteiger partial charge is 0.348 e. The van der Waals surface area contributed by atoms with Crippen LogP contribution in [-0.4, -0.2) is 44.4 Å². The first-order valence-electron chi connectivity index (χ1n) is 9.98. The molecule has 1 saturated heterocycles. The summed E-state index contributed by atoms with van der Waals surface area (Å²) in [6.07, 6.45) is 3.46. The van der Waals surface area contributed by atoms with Crippen LogP contribution in [0, 0.1) is 6.92 Å². The average molecular weight is 422 g/mol. The lowest BCUT2D eigenvalue weighted by Crippen LogP contribution is -2.40. The van der Waals surface area contributed by atoms with Gasteiger partial charge in [0.15, 0.2) is 0 Å². The quantitative estimate of drug-likeness (QED) is 0.684. The lowest BCUT2D eigenvalue weighted by Gasteiger charge is -2.32. The Balaban J connectivity index is 1.49. The van der Waals surface area contributed by atoms with Crippen molar-refractivity contribution < 1.29 is 9.59 Å². The molecule has 0 unspecified atom stereocenters. The first-order chi connectivity index (χ1) is 14.6. The van der Waals surface area contributed by atoms with Crippen molar-refractivity contribution in [3.63, 3.8) is 0 Å². The number of pyridine rings is 1. The van der Waals surface area contributed by atoms with Gasteiger partial charge in [-0.25, -0.2) is 0 Å². The minimum Gasteiger partial charge on any atom is -0.348 e. The summed E-state index contributed by atoms with van der Waals surface area (Å²) in [6, 6.07) is 13.4. The van der Waals surface area contributed by atoms with Crippen LogP contribution in [0.3, 0.4) is 0 Å². The molecule has 8 heteroatoms. The van der Waals surface area contributed by atoms with Gasteiger partial charge in [0.25, 0.3) is 11.8 Å². The van der Waals surface area contributed by atoms with E-state index in [0.29, 0.717) is 35.8 Å². The Hall–Kier alpha value is -3.13. The molecular formula is C22H23N5O2S. The van der Waals surface area contributed by atoms with E-state index in [1.807, 2.05) is 35.2 Å². The van der Waals surface area contributed by atoms with Gasteiger partial charge in [0.1, 0.15) is 4.88 Å². The molecule has 1 atom stereocenters. The zero-order valence-electron chi connectivity index (χ0n) is 16.7. The number of carbonyl (C=O) groups excluding carboxylic acids is 2. The van der Waals surface area contributed by atoms with Crippen LogP contribution >= 0.6 is 11.5 Å². The maximum atomic E-state index is 12.9. The Morgan fingerprint density at radius 3 is 2.80 bits per heavy atom. The van der Waals surface area contributed by atoms with Gasteiger partial charge in [0.05, 0.1) is 17.0 Å². The van der Waals surface area contributed by atoms with Crippen LogP contribution in [0.1, 0.15) is 55.7 Å². The molecule has 0 radical (unpaired) electrons. The Labute approximate surface area is 179 Å². The lowest BCUT2D eigenvalue weighted by molar-refractivity contribution is 0.0709. The smallest absolute Gasteiger partial charge is 0.267 e. The number of nitrogens with zero attached hydrogens (tertiary/aromatic N) is 4. The molecule has 0 spiro atoms. The summed E-state index contributed by atoms with van der Waals surface area (Å²) in [5.41, 5.74) is 3.02. The second-order valence-electron chi connectivity index (χ2n) is 7.38. The van der Waals surface area contributed by atoms with Crippen LogP contribution in [0.15, 0.2) is 48.7 Å². The monoisotopic (exact) mass is 421 g/mol. The molecule has 3 aromatic rings. The lowest BCUT2D eigenvalue weighted by atomic mass is 9.91. The highest BCUT2D eigenvalue weighted by molar-refractivity contribution is 7.07. The van der Waals surface area contributed by atoms with E-state index in [2.05, 4.69) is 19.9 Å². The molecular weight excluding hydrogens is 398 g/mol. The molecule has 0 bridgehead atoms. The fourth-order valence-electron chi connectivity index (χ4n) is 3.76. The summed E-state index contributed by atoms with van der Waals surface area (Å²) >= 11 is 1.13. The summed E-state index contributed by atoms with van der Waals surface area (Å²) in [5.74, 6) is -0.173. The van der Waals surface area contributed by atoms with Gasteiger partial charge in [-0.15, -0.1) is 5.10 Å². The van der Waals surface area contributed by atoms with Crippen LogP contribution in [-0.2, 0) is 6.54 Å². The third-order valence-electron chi connectivity index (χ3n) is 5.32. The number of piperidine rings is 1. The summed E-state index contributed by atoms with van der Waals surface area (Å²) in [6.45, 7) is 3.48. The molecule has 1 aliphatic heterocycles. The van der Waals surface area contributed by atoms with Crippen molar-refractivity contribution in [1.29, 1.82) is 0 Å². The molecule has 4 rings (SSSR count). The summed E-state index contributed by atoms with van der Waals surface area (Å²) in [5, 5.41) is 6.93. The molecule has 0 saturated carbocycles. The van der Waals surface area contributed by atoms with Crippen molar-refractivity contribution in [3.8, 4) is 0 Å². The van der Waals surface area contributed by atoms with Gasteiger partial charge < -0.3 is 10.2 Å². The van der Waals surface area contributed by atoms with Crippen molar-refractivity contribution in [1.82, 2.24) is 24.8 Å². The minimum atomic E-state index is -0.145. The van der Waals surface area contributed by atoms with Crippen LogP contribution < -0.4 is 5.32 Å². The van der Waals surface area contributed by atoms with Crippen molar-refractivity contribution >= 4 is 23.3 Å². The molecule has 0 aliphatic carbocycles. The molecule has 1 fully saturated rings. The molecule has 1 aliphatic rings. The first kappa shape index (κ1) is 20.2. The summed E-state index contributed by atoms with van der Waals surface area (Å²) < 4.78 is 3.88. The predicted octanol–water partition coefficient (Wildman–Crippen LogP) is 3.19. The number of benzene rings is 1. The molecule has 2 amide bonds. The Kier molecular flexibility index (Phi) is 6.13. The number of hydrogen-bond acceptors (Lipinski definition) is 6. The van der Waals surface area contributed by atoms with Gasteiger partial charge >= 0.3 is 0 Å². The molecule has 1 aromatic carbocycles. The van der Waals surface area contributed by atoms with E-state index in [9.17, 15) is 9.59 Å². The third kappa shape index (κ3) is 4.38. The SMILES string of the molecule is Cc1nnsc1C(=O)N1CCC[C@@H](c2ncccc2C(=O)NCc2ccccc2)C1. The fourth-order valence-corrected chi connectivity index (χ4v) is 4.39. The molecule has 154 valence electrons. The topological polar surface area (TPSA) is 88.1 Å². The second-order valence-corrected chi connectivity index (χ2v) is 8.14. The van der Waals surface area contributed by atoms with Gasteiger partial charge in [0, 0.05) is 31.7 Å². The van der Waals surface area contributed by atoms with E-state index in [1.54, 1.807) is 25.3 Å². The Morgan fingerprint density at radius 2 is 2.03 bits per heavy atom. The van der Waals surface area contributed by atoms with Crippen molar-refractivity contribution in [2.75, 3.05) is 13.1 Å². The number of carbonyl (C=O) groups is 2. The number of amides is 2. The molecule has 3 heterocycles. The van der Waals surface area contributed by atoms with E-state index in [0.717, 1.165) is 35.6 Å². The van der Waals surface area contributed by atoms with Gasteiger partial charge in [-0.3, -0.25) is 14.6 Å². The third-order valence-corrected chi connectivity index (χ3v) is 6.14. The number of likely N-dealkylation sites (tertiary alicyclic amines) is 1. The Bertz CT molecular complexity index is 1040. The van der Waals surface area contributed by atoms with E-state index < -0.39 is 0 Å². The zero-order chi connectivity index (χ0) is 20.9. The highest BCUT2D eigenvalue weighted by atomic mass is 32.1. The summed E-state index contributed by atoms with van der Waals surface area (Å²) in [7, 11) is 0. The minimum absolute atomic E-state index is 0.0163. The first-order valence-corrected chi connectivity index (χ1v) is 10.8. The van der Waals surface area contributed by atoms with E-state index >= 15 is 0 Å². The number of aryl methyl sites for hydroxylation is 1. The van der Waals surface area contributed by atoms with Crippen molar-refractivity contribution in [2.24, 2.45) is 0 Å². The van der Waals surface area contributed by atoms with Gasteiger partial charge in [-0.1, -0.05) is 34.8 Å². The van der Waals surface area contributed by atoms with Crippen LogP contribution in [0.5, 0.6) is 0 Å². The van der Waals surface area contributed by atoms with E-state index in [1.165, 1.54) is 0 Å². The second kappa shape index (κ2) is 9.13. The predicted molar refractivity (Wildman–Crippen MR) is 114 cm³/mol.